The highest BCUT2D eigenvalue weighted by Gasteiger charge is 2.14. The van der Waals surface area contributed by atoms with Crippen molar-refractivity contribution in [1.29, 1.82) is 0 Å². The van der Waals surface area contributed by atoms with Gasteiger partial charge < -0.3 is 0 Å². The zero-order valence-corrected chi connectivity index (χ0v) is 14.9. The van der Waals surface area contributed by atoms with Crippen LogP contribution in [0.2, 0.25) is 0 Å². The predicted molar refractivity (Wildman–Crippen MR) is 104 cm³/mol. The Bertz CT molecular complexity index is 702. The Kier molecular flexibility index (Phi) is 5.98. The zero-order valence-electron chi connectivity index (χ0n) is 14.9. The monoisotopic (exact) mass is 304 g/mol. The van der Waals surface area contributed by atoms with Crippen LogP contribution < -0.4 is 0 Å². The van der Waals surface area contributed by atoms with E-state index in [1.165, 1.54) is 33.4 Å². The molecule has 0 aliphatic heterocycles. The summed E-state index contributed by atoms with van der Waals surface area (Å²) in [5.74, 6) is 0.647. The van der Waals surface area contributed by atoms with E-state index >= 15 is 0 Å². The van der Waals surface area contributed by atoms with Crippen LogP contribution in [0.15, 0.2) is 61.2 Å². The summed E-state index contributed by atoms with van der Waals surface area (Å²) in [6.07, 6.45) is 6.36. The summed E-state index contributed by atoms with van der Waals surface area (Å²) >= 11 is 0. The fraction of sp³-hybridized carbons (Fsp3) is 0.304. The first-order valence-corrected chi connectivity index (χ1v) is 8.59. The average Bonchev–Trinajstić information content (AvgIpc) is 2.53. The molecular formula is C23H28. The Labute approximate surface area is 141 Å². The van der Waals surface area contributed by atoms with Crippen molar-refractivity contribution in [2.45, 2.75) is 40.5 Å². The van der Waals surface area contributed by atoms with Crippen LogP contribution in [0.4, 0.5) is 0 Å². The number of rotatable bonds is 6. The minimum atomic E-state index is 0.647. The van der Waals surface area contributed by atoms with Crippen LogP contribution in [0.3, 0.4) is 0 Å². The number of aryl methyl sites for hydroxylation is 1. The van der Waals surface area contributed by atoms with Crippen molar-refractivity contribution < 1.29 is 0 Å². The van der Waals surface area contributed by atoms with E-state index in [1.54, 1.807) is 0 Å². The molecule has 0 bridgehead atoms. The maximum atomic E-state index is 4.02. The summed E-state index contributed by atoms with van der Waals surface area (Å²) in [6.45, 7) is 13.0. The first kappa shape index (κ1) is 17.3. The predicted octanol–water partition coefficient (Wildman–Crippen LogP) is 6.84. The van der Waals surface area contributed by atoms with E-state index in [0.717, 1.165) is 12.8 Å². The van der Waals surface area contributed by atoms with Crippen LogP contribution in [0, 0.1) is 12.8 Å². The van der Waals surface area contributed by atoms with Gasteiger partial charge in [-0.15, -0.1) is 0 Å². The van der Waals surface area contributed by atoms with Crippen LogP contribution in [-0.4, -0.2) is 0 Å². The molecule has 0 unspecified atom stereocenters. The van der Waals surface area contributed by atoms with E-state index in [-0.39, 0.29) is 0 Å². The van der Waals surface area contributed by atoms with Gasteiger partial charge in [-0.1, -0.05) is 82.0 Å². The smallest absolute Gasteiger partial charge is 0.00735 e. The molecular weight excluding hydrogens is 276 g/mol. The van der Waals surface area contributed by atoms with Gasteiger partial charge in [-0.2, -0.15) is 0 Å². The van der Waals surface area contributed by atoms with Gasteiger partial charge in [0.1, 0.15) is 0 Å². The molecule has 120 valence electrons. The van der Waals surface area contributed by atoms with E-state index in [9.17, 15) is 0 Å². The lowest BCUT2D eigenvalue weighted by atomic mass is 9.86. The molecule has 0 aliphatic carbocycles. The normalized spacial score (nSPS) is 11.8. The second kappa shape index (κ2) is 7.97. The molecule has 0 saturated carbocycles. The largest absolute Gasteiger partial charge is 0.0985 e. The summed E-state index contributed by atoms with van der Waals surface area (Å²) in [6, 6.07) is 15.4. The molecule has 0 saturated heterocycles. The fourth-order valence-corrected chi connectivity index (χ4v) is 3.17. The third kappa shape index (κ3) is 4.01. The molecule has 0 spiro atoms. The van der Waals surface area contributed by atoms with Crippen molar-refractivity contribution in [3.63, 3.8) is 0 Å². The first-order valence-electron chi connectivity index (χ1n) is 8.59. The van der Waals surface area contributed by atoms with Gasteiger partial charge in [0.25, 0.3) is 0 Å². The average molecular weight is 304 g/mol. The molecule has 0 nitrogen and oxygen atoms in total. The molecule has 0 amide bonds. The van der Waals surface area contributed by atoms with Crippen LogP contribution in [0.5, 0.6) is 0 Å². The summed E-state index contributed by atoms with van der Waals surface area (Å²) in [5, 5.41) is 0. The third-order valence-electron chi connectivity index (χ3n) is 4.14. The molecule has 0 heterocycles. The Morgan fingerprint density at radius 2 is 1.83 bits per heavy atom. The highest BCUT2D eigenvalue weighted by Crippen LogP contribution is 2.35. The lowest BCUT2D eigenvalue weighted by molar-refractivity contribution is 0.648. The Balaban J connectivity index is 2.69. The lowest BCUT2D eigenvalue weighted by Crippen LogP contribution is -1.99. The zero-order chi connectivity index (χ0) is 16.8. The van der Waals surface area contributed by atoms with Crippen molar-refractivity contribution in [1.82, 2.24) is 0 Å². The second-order valence-corrected chi connectivity index (χ2v) is 6.52. The SMILES string of the molecule is C=C/C(=C\CC)c1cccc(C)c1-c1ccccc1CC(C)C. The molecule has 2 aromatic rings. The molecule has 0 fully saturated rings. The first-order chi connectivity index (χ1) is 11.1. The molecule has 23 heavy (non-hydrogen) atoms. The van der Waals surface area contributed by atoms with Gasteiger partial charge in [0.15, 0.2) is 0 Å². The van der Waals surface area contributed by atoms with Gasteiger partial charge in [-0.25, -0.2) is 0 Å². The topological polar surface area (TPSA) is 0 Å². The Hall–Kier alpha value is -2.08. The van der Waals surface area contributed by atoms with Crippen molar-refractivity contribution >= 4 is 5.57 Å². The molecule has 0 heteroatoms. The minimum absolute atomic E-state index is 0.647. The number of allylic oxidation sites excluding steroid dienone is 3. The Morgan fingerprint density at radius 3 is 2.48 bits per heavy atom. The van der Waals surface area contributed by atoms with Gasteiger partial charge >= 0.3 is 0 Å². The molecule has 0 N–H and O–H groups in total. The van der Waals surface area contributed by atoms with Crippen LogP contribution in [-0.2, 0) is 6.42 Å². The summed E-state index contributed by atoms with van der Waals surface area (Å²) < 4.78 is 0. The van der Waals surface area contributed by atoms with Crippen molar-refractivity contribution in [2.75, 3.05) is 0 Å². The number of hydrogen-bond acceptors (Lipinski definition) is 0. The fourth-order valence-electron chi connectivity index (χ4n) is 3.17. The van der Waals surface area contributed by atoms with E-state index in [4.69, 9.17) is 0 Å². The maximum Gasteiger partial charge on any atom is -0.00735 e. The van der Waals surface area contributed by atoms with E-state index in [1.807, 2.05) is 6.08 Å². The highest BCUT2D eigenvalue weighted by atomic mass is 14.2. The molecule has 0 radical (unpaired) electrons. The number of benzene rings is 2. The van der Waals surface area contributed by atoms with Crippen molar-refractivity contribution in [3.8, 4) is 11.1 Å². The van der Waals surface area contributed by atoms with Gasteiger partial charge in [0, 0.05) is 0 Å². The molecule has 0 atom stereocenters. The van der Waals surface area contributed by atoms with Gasteiger partial charge in [0.05, 0.1) is 0 Å². The third-order valence-corrected chi connectivity index (χ3v) is 4.14. The van der Waals surface area contributed by atoms with Gasteiger partial charge in [-0.3, -0.25) is 0 Å². The molecule has 0 aromatic heterocycles. The van der Waals surface area contributed by atoms with Crippen LogP contribution in [0.25, 0.3) is 16.7 Å². The van der Waals surface area contributed by atoms with E-state index in [0.29, 0.717) is 5.92 Å². The van der Waals surface area contributed by atoms with Crippen LogP contribution in [0.1, 0.15) is 43.9 Å². The highest BCUT2D eigenvalue weighted by molar-refractivity contribution is 5.87. The van der Waals surface area contributed by atoms with Crippen molar-refractivity contribution in [2.24, 2.45) is 5.92 Å². The summed E-state index contributed by atoms with van der Waals surface area (Å²) in [7, 11) is 0. The molecule has 2 rings (SSSR count). The van der Waals surface area contributed by atoms with E-state index < -0.39 is 0 Å². The second-order valence-electron chi connectivity index (χ2n) is 6.52. The van der Waals surface area contributed by atoms with E-state index in [2.05, 4.69) is 82.8 Å². The lowest BCUT2D eigenvalue weighted by Gasteiger charge is -2.18. The minimum Gasteiger partial charge on any atom is -0.0985 e. The van der Waals surface area contributed by atoms with Gasteiger partial charge in [0.2, 0.25) is 0 Å². The maximum absolute atomic E-state index is 4.02. The molecule has 0 aliphatic rings. The van der Waals surface area contributed by atoms with Crippen LogP contribution >= 0.6 is 0 Å². The van der Waals surface area contributed by atoms with Gasteiger partial charge in [-0.05, 0) is 59.1 Å². The standard InChI is InChI=1S/C23H28/c1-6-11-19(7-2)21-15-10-12-18(5)23(21)22-14-9-8-13-20(22)16-17(3)4/h7-15,17H,2,6,16H2,1,3-5H3/b19-11+. The molecule has 2 aromatic carbocycles. The Morgan fingerprint density at radius 1 is 1.09 bits per heavy atom. The summed E-state index contributed by atoms with van der Waals surface area (Å²) in [5.41, 5.74) is 7.98. The number of hydrogen-bond donors (Lipinski definition) is 0. The van der Waals surface area contributed by atoms with Crippen molar-refractivity contribution in [3.05, 3.63) is 77.9 Å². The summed E-state index contributed by atoms with van der Waals surface area (Å²) in [4.78, 5) is 0. The quantitative estimate of drug-likeness (QED) is 0.512.